The van der Waals surface area contributed by atoms with Crippen LogP contribution in [-0.4, -0.2) is 26.0 Å². The first-order valence-corrected chi connectivity index (χ1v) is 9.96. The molecule has 0 saturated carbocycles. The zero-order valence-electron chi connectivity index (χ0n) is 10.9. The van der Waals surface area contributed by atoms with Crippen molar-refractivity contribution in [2.75, 3.05) is 10.8 Å². The molecule has 1 atom stereocenters. The molecule has 1 N–H and O–H groups in total. The van der Waals surface area contributed by atoms with Gasteiger partial charge in [0.2, 0.25) is 0 Å². The lowest BCUT2D eigenvalue weighted by Crippen LogP contribution is -2.30. The summed E-state index contributed by atoms with van der Waals surface area (Å²) in [5.41, 5.74) is 0.948. The number of thiophene rings is 1. The standard InChI is InChI=1S/C13H9Br2NO4S2/c14-9-5-11(21-12(9)15)22(19,20)16-6-8(13(17)18)7-3-1-2-4-10(7)16/h1-5,8H,6H2,(H,17,18). The van der Waals surface area contributed by atoms with Gasteiger partial charge in [-0.2, -0.15) is 0 Å². The molecule has 0 aliphatic carbocycles. The molecule has 1 aromatic carbocycles. The number of carboxylic acid groups (broad SMARTS) is 1. The van der Waals surface area contributed by atoms with Crippen molar-refractivity contribution >= 4 is 64.9 Å². The summed E-state index contributed by atoms with van der Waals surface area (Å²) in [6.45, 7) is -0.0931. The Balaban J connectivity index is 2.11. The number of anilines is 1. The Kier molecular flexibility index (Phi) is 4.09. The first kappa shape index (κ1) is 16.0. The Bertz CT molecular complexity index is 843. The molecule has 0 saturated heterocycles. The summed E-state index contributed by atoms with van der Waals surface area (Å²) in [5.74, 6) is -1.88. The van der Waals surface area contributed by atoms with E-state index in [1.54, 1.807) is 24.3 Å². The Labute approximate surface area is 147 Å². The normalized spacial score (nSPS) is 17.5. The lowest BCUT2D eigenvalue weighted by molar-refractivity contribution is -0.138. The van der Waals surface area contributed by atoms with Crippen LogP contribution in [0.25, 0.3) is 0 Å². The van der Waals surface area contributed by atoms with Gasteiger partial charge in [-0.1, -0.05) is 18.2 Å². The van der Waals surface area contributed by atoms with Gasteiger partial charge in [0, 0.05) is 4.47 Å². The van der Waals surface area contributed by atoms with Crippen LogP contribution >= 0.6 is 43.2 Å². The molecular formula is C13H9Br2NO4S2. The van der Waals surface area contributed by atoms with E-state index < -0.39 is 21.9 Å². The van der Waals surface area contributed by atoms with Crippen molar-refractivity contribution in [1.29, 1.82) is 0 Å². The van der Waals surface area contributed by atoms with E-state index in [-0.39, 0.29) is 10.8 Å². The minimum absolute atomic E-state index is 0.0931. The maximum atomic E-state index is 12.8. The summed E-state index contributed by atoms with van der Waals surface area (Å²) in [6, 6.07) is 8.22. The van der Waals surface area contributed by atoms with Crippen LogP contribution < -0.4 is 4.31 Å². The van der Waals surface area contributed by atoms with E-state index in [2.05, 4.69) is 31.9 Å². The molecule has 2 aromatic rings. The first-order valence-electron chi connectivity index (χ1n) is 6.11. The van der Waals surface area contributed by atoms with Crippen molar-refractivity contribution < 1.29 is 18.3 Å². The monoisotopic (exact) mass is 465 g/mol. The fourth-order valence-corrected chi connectivity index (χ4v) is 6.81. The van der Waals surface area contributed by atoms with Crippen LogP contribution in [0.4, 0.5) is 5.69 Å². The molecule has 1 unspecified atom stereocenters. The van der Waals surface area contributed by atoms with Gasteiger partial charge in [-0.3, -0.25) is 9.10 Å². The quantitative estimate of drug-likeness (QED) is 0.749. The molecule has 3 rings (SSSR count). The van der Waals surface area contributed by atoms with Gasteiger partial charge in [0.25, 0.3) is 10.0 Å². The van der Waals surface area contributed by atoms with E-state index in [1.165, 1.54) is 10.4 Å². The highest BCUT2D eigenvalue weighted by atomic mass is 79.9. The number of rotatable bonds is 3. The molecule has 5 nitrogen and oxygen atoms in total. The van der Waals surface area contributed by atoms with Crippen molar-refractivity contribution in [1.82, 2.24) is 0 Å². The highest BCUT2D eigenvalue weighted by molar-refractivity contribution is 9.13. The molecule has 0 amide bonds. The van der Waals surface area contributed by atoms with E-state index in [9.17, 15) is 18.3 Å². The van der Waals surface area contributed by atoms with Crippen LogP contribution in [0.3, 0.4) is 0 Å². The van der Waals surface area contributed by atoms with Gasteiger partial charge in [0.05, 0.1) is 16.0 Å². The average molecular weight is 467 g/mol. The minimum Gasteiger partial charge on any atom is -0.481 e. The maximum Gasteiger partial charge on any atom is 0.312 e. The zero-order chi connectivity index (χ0) is 16.1. The lowest BCUT2D eigenvalue weighted by atomic mass is 10.0. The van der Waals surface area contributed by atoms with Gasteiger partial charge >= 0.3 is 5.97 Å². The molecule has 2 heterocycles. The number of aliphatic carboxylic acids is 1. The fourth-order valence-electron chi connectivity index (χ4n) is 2.37. The van der Waals surface area contributed by atoms with E-state index in [0.29, 0.717) is 19.5 Å². The molecule has 0 bridgehead atoms. The van der Waals surface area contributed by atoms with Gasteiger partial charge in [-0.05, 0) is 49.6 Å². The van der Waals surface area contributed by atoms with Gasteiger partial charge in [-0.25, -0.2) is 8.42 Å². The average Bonchev–Trinajstić information content (AvgIpc) is 3.01. The number of carboxylic acids is 1. The Morgan fingerprint density at radius 2 is 2.00 bits per heavy atom. The number of fused-ring (bicyclic) bond motifs is 1. The first-order chi connectivity index (χ1) is 10.3. The lowest BCUT2D eigenvalue weighted by Gasteiger charge is -2.18. The molecule has 9 heteroatoms. The summed E-state index contributed by atoms with van der Waals surface area (Å²) in [4.78, 5) is 11.4. The van der Waals surface area contributed by atoms with Crippen molar-refractivity contribution in [3.05, 3.63) is 44.2 Å². The molecule has 116 valence electrons. The Hall–Kier alpha value is -0.900. The van der Waals surface area contributed by atoms with Gasteiger partial charge in [0.1, 0.15) is 10.1 Å². The predicted octanol–water partition coefficient (Wildman–Crippen LogP) is 3.65. The largest absolute Gasteiger partial charge is 0.481 e. The number of benzene rings is 1. The SMILES string of the molecule is O=C(O)C1CN(S(=O)(=O)c2cc(Br)c(Br)s2)c2ccccc21. The van der Waals surface area contributed by atoms with E-state index in [0.717, 1.165) is 11.3 Å². The molecule has 1 aliphatic heterocycles. The van der Waals surface area contributed by atoms with Crippen LogP contribution in [0.5, 0.6) is 0 Å². The van der Waals surface area contributed by atoms with Gasteiger partial charge in [0.15, 0.2) is 0 Å². The van der Waals surface area contributed by atoms with Crippen molar-refractivity contribution in [2.45, 2.75) is 10.1 Å². The van der Waals surface area contributed by atoms with Crippen LogP contribution in [-0.2, 0) is 14.8 Å². The van der Waals surface area contributed by atoms with Gasteiger partial charge < -0.3 is 5.11 Å². The number of halogens is 2. The third kappa shape index (κ3) is 2.49. The van der Waals surface area contributed by atoms with Crippen LogP contribution in [0.2, 0.25) is 0 Å². The second-order valence-electron chi connectivity index (χ2n) is 4.67. The number of hydrogen-bond donors (Lipinski definition) is 1. The summed E-state index contributed by atoms with van der Waals surface area (Å²) in [6.07, 6.45) is 0. The number of nitrogens with zero attached hydrogens (tertiary/aromatic N) is 1. The summed E-state index contributed by atoms with van der Waals surface area (Å²) in [7, 11) is -3.79. The summed E-state index contributed by atoms with van der Waals surface area (Å²) in [5, 5.41) is 9.33. The highest BCUT2D eigenvalue weighted by Crippen LogP contribution is 2.42. The fraction of sp³-hybridized carbons (Fsp3) is 0.154. The summed E-state index contributed by atoms with van der Waals surface area (Å²) < 4.78 is 28.3. The minimum atomic E-state index is -3.79. The molecule has 22 heavy (non-hydrogen) atoms. The third-order valence-corrected chi connectivity index (χ3v) is 8.88. The van der Waals surface area contributed by atoms with Crippen LogP contribution in [0, 0.1) is 0 Å². The zero-order valence-corrected chi connectivity index (χ0v) is 15.7. The summed E-state index contributed by atoms with van der Waals surface area (Å²) >= 11 is 7.63. The van der Waals surface area contributed by atoms with Crippen LogP contribution in [0.15, 0.2) is 42.8 Å². The molecule has 0 radical (unpaired) electrons. The van der Waals surface area contributed by atoms with E-state index in [4.69, 9.17) is 0 Å². The number of para-hydroxylation sites is 1. The molecule has 1 aromatic heterocycles. The van der Waals surface area contributed by atoms with E-state index in [1.807, 2.05) is 0 Å². The Morgan fingerprint density at radius 1 is 1.32 bits per heavy atom. The third-order valence-electron chi connectivity index (χ3n) is 3.39. The smallest absolute Gasteiger partial charge is 0.312 e. The molecule has 0 fully saturated rings. The maximum absolute atomic E-state index is 12.8. The number of hydrogen-bond acceptors (Lipinski definition) is 4. The predicted molar refractivity (Wildman–Crippen MR) is 91.1 cm³/mol. The highest BCUT2D eigenvalue weighted by Gasteiger charge is 2.40. The van der Waals surface area contributed by atoms with Crippen molar-refractivity contribution in [3.8, 4) is 0 Å². The second-order valence-corrected chi connectivity index (χ2v) is 9.99. The van der Waals surface area contributed by atoms with Crippen molar-refractivity contribution in [2.24, 2.45) is 0 Å². The number of carbonyl (C=O) groups is 1. The second kappa shape index (κ2) is 5.63. The number of sulfonamides is 1. The van der Waals surface area contributed by atoms with Crippen LogP contribution in [0.1, 0.15) is 11.5 Å². The van der Waals surface area contributed by atoms with Gasteiger partial charge in [-0.15, -0.1) is 11.3 Å². The molecule has 1 aliphatic rings. The molecule has 0 spiro atoms. The van der Waals surface area contributed by atoms with E-state index >= 15 is 0 Å². The molecular weight excluding hydrogens is 458 g/mol. The Morgan fingerprint density at radius 3 is 2.59 bits per heavy atom. The topological polar surface area (TPSA) is 74.7 Å². The van der Waals surface area contributed by atoms with Crippen molar-refractivity contribution in [3.63, 3.8) is 0 Å².